The third kappa shape index (κ3) is 2.55. The van der Waals surface area contributed by atoms with Crippen LogP contribution in [0.1, 0.15) is 29.5 Å². The molecule has 0 aromatic heterocycles. The van der Waals surface area contributed by atoms with Crippen LogP contribution in [-0.4, -0.2) is 13.0 Å². The topological polar surface area (TPSA) is 62.1 Å². The third-order valence-electron chi connectivity index (χ3n) is 3.69. The monoisotopic (exact) mass is 258 g/mol. The summed E-state index contributed by atoms with van der Waals surface area (Å²) in [5.41, 5.74) is 2.42. The van der Waals surface area contributed by atoms with Crippen LogP contribution in [0, 0.1) is 30.6 Å². The number of nitriles is 1. The standard InChI is InChI=1S/C15H18N2O2/c1-10-7-13(19-3)11(2)6-12(10)8-17-14(18)15(9-16)4-5-15/h6-7H,4-5,8H2,1-3H3,(H,17,18). The lowest BCUT2D eigenvalue weighted by atomic mass is 10.0. The van der Waals surface area contributed by atoms with Crippen LogP contribution in [0.5, 0.6) is 5.75 Å². The van der Waals surface area contributed by atoms with Crippen molar-refractivity contribution in [1.29, 1.82) is 5.26 Å². The number of amides is 1. The molecule has 0 spiro atoms. The van der Waals surface area contributed by atoms with Crippen molar-refractivity contribution in [2.45, 2.75) is 33.2 Å². The van der Waals surface area contributed by atoms with Crippen molar-refractivity contribution in [2.24, 2.45) is 5.41 Å². The minimum absolute atomic E-state index is 0.150. The highest BCUT2D eigenvalue weighted by Crippen LogP contribution is 2.45. The van der Waals surface area contributed by atoms with Crippen LogP contribution in [0.15, 0.2) is 12.1 Å². The Balaban J connectivity index is 2.06. The summed E-state index contributed by atoms with van der Waals surface area (Å²) in [6.45, 7) is 4.42. The molecule has 0 bridgehead atoms. The van der Waals surface area contributed by atoms with Crippen molar-refractivity contribution in [3.05, 3.63) is 28.8 Å². The number of rotatable bonds is 4. The number of nitrogens with zero attached hydrogens (tertiary/aromatic N) is 1. The predicted molar refractivity (Wildman–Crippen MR) is 71.6 cm³/mol. The van der Waals surface area contributed by atoms with Gasteiger partial charge in [-0.15, -0.1) is 0 Å². The average molecular weight is 258 g/mol. The van der Waals surface area contributed by atoms with Crippen molar-refractivity contribution in [3.63, 3.8) is 0 Å². The van der Waals surface area contributed by atoms with Crippen LogP contribution in [0.3, 0.4) is 0 Å². The van der Waals surface area contributed by atoms with Crippen LogP contribution in [0.4, 0.5) is 0 Å². The summed E-state index contributed by atoms with van der Waals surface area (Å²) in [5, 5.41) is 11.8. The Morgan fingerprint density at radius 1 is 1.42 bits per heavy atom. The number of hydrogen-bond acceptors (Lipinski definition) is 3. The lowest BCUT2D eigenvalue weighted by molar-refractivity contribution is -0.124. The molecule has 0 unspecified atom stereocenters. The molecule has 1 fully saturated rings. The van der Waals surface area contributed by atoms with Gasteiger partial charge in [0.15, 0.2) is 0 Å². The van der Waals surface area contributed by atoms with Crippen LogP contribution < -0.4 is 10.1 Å². The predicted octanol–water partition coefficient (Wildman–Crippen LogP) is 2.23. The molecule has 1 amide bonds. The van der Waals surface area contributed by atoms with Crippen molar-refractivity contribution in [2.75, 3.05) is 7.11 Å². The second-order valence-electron chi connectivity index (χ2n) is 5.12. The van der Waals surface area contributed by atoms with Gasteiger partial charge < -0.3 is 10.1 Å². The zero-order valence-corrected chi connectivity index (χ0v) is 11.5. The quantitative estimate of drug-likeness (QED) is 0.900. The van der Waals surface area contributed by atoms with Gasteiger partial charge >= 0.3 is 0 Å². The molecule has 4 heteroatoms. The molecule has 0 aliphatic heterocycles. The van der Waals surface area contributed by atoms with E-state index < -0.39 is 5.41 Å². The lowest BCUT2D eigenvalue weighted by Crippen LogP contribution is -2.30. The Kier molecular flexibility index (Phi) is 3.48. The highest BCUT2D eigenvalue weighted by Gasteiger charge is 2.50. The van der Waals surface area contributed by atoms with Crippen LogP contribution >= 0.6 is 0 Å². The van der Waals surface area contributed by atoms with E-state index in [1.807, 2.05) is 26.0 Å². The third-order valence-corrected chi connectivity index (χ3v) is 3.69. The van der Waals surface area contributed by atoms with Crippen molar-refractivity contribution in [3.8, 4) is 11.8 Å². The molecular weight excluding hydrogens is 240 g/mol. The molecule has 1 N–H and O–H groups in total. The first kappa shape index (κ1) is 13.4. The molecule has 100 valence electrons. The van der Waals surface area contributed by atoms with E-state index in [0.29, 0.717) is 19.4 Å². The zero-order valence-electron chi connectivity index (χ0n) is 11.5. The van der Waals surface area contributed by atoms with Gasteiger partial charge in [0.05, 0.1) is 13.2 Å². The average Bonchev–Trinajstić information content (AvgIpc) is 3.20. The minimum Gasteiger partial charge on any atom is -0.496 e. The first-order valence-corrected chi connectivity index (χ1v) is 6.36. The second-order valence-corrected chi connectivity index (χ2v) is 5.12. The number of ether oxygens (including phenoxy) is 1. The van der Waals surface area contributed by atoms with E-state index in [4.69, 9.17) is 10.00 Å². The molecule has 1 saturated carbocycles. The maximum Gasteiger partial charge on any atom is 0.240 e. The van der Waals surface area contributed by atoms with Crippen molar-refractivity contribution >= 4 is 5.91 Å². The smallest absolute Gasteiger partial charge is 0.240 e. The highest BCUT2D eigenvalue weighted by molar-refractivity contribution is 5.88. The van der Waals surface area contributed by atoms with Gasteiger partial charge in [-0.05, 0) is 49.4 Å². The lowest BCUT2D eigenvalue weighted by Gasteiger charge is -2.13. The van der Waals surface area contributed by atoms with Crippen LogP contribution in [0.2, 0.25) is 0 Å². The Hall–Kier alpha value is -2.02. The summed E-state index contributed by atoms with van der Waals surface area (Å²) in [4.78, 5) is 11.9. The number of nitrogens with one attached hydrogen (secondary N) is 1. The zero-order chi connectivity index (χ0) is 14.0. The number of carbonyl (C=O) groups excluding carboxylic acids is 1. The normalized spacial score (nSPS) is 15.5. The first-order chi connectivity index (χ1) is 9.02. The van der Waals surface area contributed by atoms with Crippen LogP contribution in [-0.2, 0) is 11.3 Å². The van der Waals surface area contributed by atoms with Gasteiger partial charge in [0.1, 0.15) is 11.2 Å². The van der Waals surface area contributed by atoms with E-state index in [9.17, 15) is 4.79 Å². The first-order valence-electron chi connectivity index (χ1n) is 6.36. The van der Waals surface area contributed by atoms with Gasteiger partial charge in [-0.2, -0.15) is 5.26 Å². The number of hydrogen-bond donors (Lipinski definition) is 1. The summed E-state index contributed by atoms with van der Waals surface area (Å²) in [6.07, 6.45) is 1.35. The van der Waals surface area contributed by atoms with E-state index in [2.05, 4.69) is 11.4 Å². The molecule has 4 nitrogen and oxygen atoms in total. The summed E-state index contributed by atoms with van der Waals surface area (Å²) in [5.74, 6) is 0.700. The van der Waals surface area contributed by atoms with Crippen LogP contribution in [0.25, 0.3) is 0 Å². The molecule has 0 heterocycles. The maximum absolute atomic E-state index is 11.9. The molecule has 2 rings (SSSR count). The number of methoxy groups -OCH3 is 1. The number of aryl methyl sites for hydroxylation is 2. The summed E-state index contributed by atoms with van der Waals surface area (Å²) >= 11 is 0. The number of benzene rings is 1. The number of carbonyl (C=O) groups is 1. The maximum atomic E-state index is 11.9. The fraction of sp³-hybridized carbons (Fsp3) is 0.467. The van der Waals surface area contributed by atoms with Gasteiger partial charge in [-0.25, -0.2) is 0 Å². The molecule has 0 atom stereocenters. The molecule has 1 aliphatic rings. The van der Waals surface area contributed by atoms with Gasteiger partial charge in [0.2, 0.25) is 5.91 Å². The fourth-order valence-electron chi connectivity index (χ4n) is 2.12. The highest BCUT2D eigenvalue weighted by atomic mass is 16.5. The van der Waals surface area contributed by atoms with Crippen molar-refractivity contribution < 1.29 is 9.53 Å². The van der Waals surface area contributed by atoms with Gasteiger partial charge in [-0.1, -0.05) is 6.07 Å². The minimum atomic E-state index is -0.755. The van der Waals surface area contributed by atoms with E-state index >= 15 is 0 Å². The molecule has 1 aromatic carbocycles. The molecule has 1 aliphatic carbocycles. The Morgan fingerprint density at radius 3 is 2.63 bits per heavy atom. The molecule has 0 saturated heterocycles. The van der Waals surface area contributed by atoms with Crippen molar-refractivity contribution in [1.82, 2.24) is 5.32 Å². The molecule has 19 heavy (non-hydrogen) atoms. The van der Waals surface area contributed by atoms with Gasteiger partial charge in [-0.3, -0.25) is 4.79 Å². The second kappa shape index (κ2) is 4.93. The Labute approximate surface area is 113 Å². The summed E-state index contributed by atoms with van der Waals surface area (Å²) < 4.78 is 5.26. The Morgan fingerprint density at radius 2 is 2.11 bits per heavy atom. The van der Waals surface area contributed by atoms with E-state index in [-0.39, 0.29) is 5.91 Å². The molecule has 0 radical (unpaired) electrons. The largest absolute Gasteiger partial charge is 0.496 e. The van der Waals surface area contributed by atoms with E-state index in [1.54, 1.807) is 7.11 Å². The van der Waals surface area contributed by atoms with E-state index in [1.165, 1.54) is 0 Å². The fourth-order valence-corrected chi connectivity index (χ4v) is 2.12. The Bertz CT molecular complexity index is 554. The molecular formula is C15H18N2O2. The van der Waals surface area contributed by atoms with E-state index in [0.717, 1.165) is 22.4 Å². The SMILES string of the molecule is COc1cc(C)c(CNC(=O)C2(C#N)CC2)cc1C. The van der Waals surface area contributed by atoms with Gasteiger partial charge in [0, 0.05) is 6.54 Å². The van der Waals surface area contributed by atoms with Gasteiger partial charge in [0.25, 0.3) is 0 Å². The molecule has 1 aromatic rings. The summed E-state index contributed by atoms with van der Waals surface area (Å²) in [7, 11) is 1.65. The summed E-state index contributed by atoms with van der Waals surface area (Å²) in [6, 6.07) is 6.08.